The van der Waals surface area contributed by atoms with E-state index in [9.17, 15) is 9.50 Å². The van der Waals surface area contributed by atoms with Gasteiger partial charge in [0, 0.05) is 29.4 Å². The normalized spacial score (nSPS) is 23.3. The molecule has 0 bridgehead atoms. The first kappa shape index (κ1) is 20.4. The first-order chi connectivity index (χ1) is 14.9. The first-order valence-electron chi connectivity index (χ1n) is 10.5. The number of aryl methyl sites for hydroxylation is 2. The van der Waals surface area contributed by atoms with Gasteiger partial charge in [-0.2, -0.15) is 0 Å². The van der Waals surface area contributed by atoms with Crippen LogP contribution in [0.1, 0.15) is 35.3 Å². The maximum Gasteiger partial charge on any atom is 0.140 e. The van der Waals surface area contributed by atoms with Crippen LogP contribution in [0.15, 0.2) is 36.4 Å². The first-order valence-corrected chi connectivity index (χ1v) is 10.8. The molecule has 0 saturated carbocycles. The Balaban J connectivity index is 1.46. The molecule has 0 amide bonds. The van der Waals surface area contributed by atoms with Crippen molar-refractivity contribution in [2.24, 2.45) is 0 Å². The summed E-state index contributed by atoms with van der Waals surface area (Å²) in [5.74, 6) is 2.02. The molecule has 2 aromatic carbocycles. The lowest BCUT2D eigenvalue weighted by molar-refractivity contribution is 0.0818. The standard InChI is InChI=1S/C23H24ClFN4O2/c1-13-26-27-14(2)29(13)16-3-5-18(6-4-16)31-23-20-9-15(24)10-21(25)19(20)11-22(23)28-8-7-17(30)12-28/h3-6,9-10,17,22-23,30H,7-8,11-12H2,1-2H3/t17-,22+,23-/m1/s1. The quantitative estimate of drug-likeness (QED) is 0.666. The lowest BCUT2D eigenvalue weighted by Crippen LogP contribution is -2.39. The Morgan fingerprint density at radius 2 is 1.84 bits per heavy atom. The number of hydrogen-bond donors (Lipinski definition) is 1. The number of nitrogens with zero attached hydrogens (tertiary/aromatic N) is 4. The third-order valence-corrected chi connectivity index (χ3v) is 6.49. The summed E-state index contributed by atoms with van der Waals surface area (Å²) in [5.41, 5.74) is 2.38. The summed E-state index contributed by atoms with van der Waals surface area (Å²) >= 11 is 6.17. The number of likely N-dealkylation sites (tertiary alicyclic amines) is 1. The van der Waals surface area contributed by atoms with E-state index in [1.807, 2.05) is 42.7 Å². The Hall–Kier alpha value is -2.48. The van der Waals surface area contributed by atoms with Gasteiger partial charge < -0.3 is 9.84 Å². The summed E-state index contributed by atoms with van der Waals surface area (Å²) in [4.78, 5) is 2.20. The van der Waals surface area contributed by atoms with E-state index in [4.69, 9.17) is 16.3 Å². The molecule has 1 aromatic heterocycles. The van der Waals surface area contributed by atoms with Crippen LogP contribution in [0.5, 0.6) is 5.75 Å². The van der Waals surface area contributed by atoms with Gasteiger partial charge in [0.05, 0.1) is 12.1 Å². The van der Waals surface area contributed by atoms with E-state index in [-0.39, 0.29) is 24.1 Å². The summed E-state index contributed by atoms with van der Waals surface area (Å²) in [5, 5.41) is 18.6. The molecule has 3 aromatic rings. The third-order valence-electron chi connectivity index (χ3n) is 6.27. The van der Waals surface area contributed by atoms with Crippen molar-refractivity contribution in [1.82, 2.24) is 19.7 Å². The largest absolute Gasteiger partial charge is 0.484 e. The van der Waals surface area contributed by atoms with E-state index in [2.05, 4.69) is 15.1 Å². The van der Waals surface area contributed by atoms with Gasteiger partial charge in [-0.25, -0.2) is 4.39 Å². The molecule has 31 heavy (non-hydrogen) atoms. The van der Waals surface area contributed by atoms with Crippen LogP contribution in [0, 0.1) is 19.7 Å². The minimum Gasteiger partial charge on any atom is -0.484 e. The number of hydrogen-bond acceptors (Lipinski definition) is 5. The maximum absolute atomic E-state index is 14.7. The Labute approximate surface area is 185 Å². The SMILES string of the molecule is Cc1nnc(C)n1-c1ccc(O[C@@H]2c3cc(Cl)cc(F)c3C[C@@H]2N2CC[C@@H](O)C2)cc1. The van der Waals surface area contributed by atoms with Crippen molar-refractivity contribution in [2.75, 3.05) is 13.1 Å². The van der Waals surface area contributed by atoms with Crippen molar-refractivity contribution < 1.29 is 14.2 Å². The second kappa shape index (κ2) is 7.89. The van der Waals surface area contributed by atoms with Gasteiger partial charge in [-0.15, -0.1) is 10.2 Å². The van der Waals surface area contributed by atoms with Crippen LogP contribution in [0.25, 0.3) is 5.69 Å². The highest BCUT2D eigenvalue weighted by atomic mass is 35.5. The molecule has 1 fully saturated rings. The molecule has 1 aliphatic heterocycles. The van der Waals surface area contributed by atoms with Crippen molar-refractivity contribution in [1.29, 1.82) is 0 Å². The number of aromatic nitrogens is 3. The van der Waals surface area contributed by atoms with Gasteiger partial charge in [0.1, 0.15) is 29.3 Å². The van der Waals surface area contributed by atoms with Crippen molar-refractivity contribution in [3.8, 4) is 11.4 Å². The van der Waals surface area contributed by atoms with E-state index in [0.29, 0.717) is 29.3 Å². The molecule has 8 heteroatoms. The molecular weight excluding hydrogens is 419 g/mol. The zero-order chi connectivity index (χ0) is 21.7. The van der Waals surface area contributed by atoms with Crippen LogP contribution in [0.4, 0.5) is 4.39 Å². The Bertz CT molecular complexity index is 1100. The molecular formula is C23H24ClFN4O2. The highest BCUT2D eigenvalue weighted by Gasteiger charge is 2.42. The van der Waals surface area contributed by atoms with Crippen molar-refractivity contribution >= 4 is 11.6 Å². The number of benzene rings is 2. The van der Waals surface area contributed by atoms with Crippen LogP contribution in [0.2, 0.25) is 5.02 Å². The van der Waals surface area contributed by atoms with Gasteiger partial charge in [-0.05, 0) is 68.7 Å². The van der Waals surface area contributed by atoms with E-state index in [1.54, 1.807) is 6.07 Å². The number of rotatable bonds is 4. The van der Waals surface area contributed by atoms with Gasteiger partial charge in [-0.1, -0.05) is 11.6 Å². The van der Waals surface area contributed by atoms with Gasteiger partial charge in [0.2, 0.25) is 0 Å². The van der Waals surface area contributed by atoms with Gasteiger partial charge in [0.15, 0.2) is 0 Å². The fraction of sp³-hybridized carbons (Fsp3) is 0.391. The smallest absolute Gasteiger partial charge is 0.140 e. The number of fused-ring (bicyclic) bond motifs is 1. The highest BCUT2D eigenvalue weighted by Crippen LogP contribution is 2.41. The summed E-state index contributed by atoms with van der Waals surface area (Å²) in [6.45, 7) is 5.15. The highest BCUT2D eigenvalue weighted by molar-refractivity contribution is 6.30. The minimum atomic E-state index is -0.363. The number of ether oxygens (including phenoxy) is 1. The summed E-state index contributed by atoms with van der Waals surface area (Å²) in [6, 6.07) is 10.8. The average Bonchev–Trinajstić information content (AvgIpc) is 3.41. The molecule has 6 nitrogen and oxygen atoms in total. The zero-order valence-corrected chi connectivity index (χ0v) is 18.2. The number of aliphatic hydroxyl groups excluding tert-OH is 1. The van der Waals surface area contributed by atoms with Crippen molar-refractivity contribution in [3.05, 3.63) is 70.0 Å². The lowest BCUT2D eigenvalue weighted by atomic mass is 10.1. The monoisotopic (exact) mass is 442 g/mol. The van der Waals surface area contributed by atoms with E-state index in [1.165, 1.54) is 6.07 Å². The molecule has 2 aliphatic rings. The molecule has 0 unspecified atom stereocenters. The number of β-amino-alcohol motifs (C(OH)–C–C–N with tert-alkyl or cyclic N) is 1. The van der Waals surface area contributed by atoms with Crippen LogP contribution in [-0.4, -0.2) is 50.0 Å². The van der Waals surface area contributed by atoms with Crippen molar-refractivity contribution in [3.63, 3.8) is 0 Å². The van der Waals surface area contributed by atoms with E-state index in [0.717, 1.165) is 35.9 Å². The number of halogens is 2. The predicted molar refractivity (Wildman–Crippen MR) is 115 cm³/mol. The molecule has 162 valence electrons. The summed E-state index contributed by atoms with van der Waals surface area (Å²) in [6.07, 6.45) is 0.535. The molecule has 0 radical (unpaired) electrons. The zero-order valence-electron chi connectivity index (χ0n) is 17.4. The molecule has 5 rings (SSSR count). The van der Waals surface area contributed by atoms with Crippen molar-refractivity contribution in [2.45, 2.75) is 44.9 Å². The summed E-state index contributed by atoms with van der Waals surface area (Å²) in [7, 11) is 0. The molecule has 2 heterocycles. The number of aliphatic hydroxyl groups is 1. The topological polar surface area (TPSA) is 63.4 Å². The fourth-order valence-corrected chi connectivity index (χ4v) is 5.02. The van der Waals surface area contributed by atoms with Gasteiger partial charge in [0.25, 0.3) is 0 Å². The Morgan fingerprint density at radius 3 is 2.48 bits per heavy atom. The Morgan fingerprint density at radius 1 is 1.13 bits per heavy atom. The third kappa shape index (κ3) is 3.71. The fourth-order valence-electron chi connectivity index (χ4n) is 4.81. The second-order valence-corrected chi connectivity index (χ2v) is 8.76. The molecule has 1 aliphatic carbocycles. The maximum atomic E-state index is 14.7. The summed E-state index contributed by atoms with van der Waals surface area (Å²) < 4.78 is 23.1. The van der Waals surface area contributed by atoms with Crippen LogP contribution in [0.3, 0.4) is 0 Å². The molecule has 1 saturated heterocycles. The van der Waals surface area contributed by atoms with E-state index < -0.39 is 0 Å². The van der Waals surface area contributed by atoms with Crippen LogP contribution >= 0.6 is 11.6 Å². The Kier molecular flexibility index (Phi) is 5.20. The van der Waals surface area contributed by atoms with Gasteiger partial charge in [-0.3, -0.25) is 9.47 Å². The van der Waals surface area contributed by atoms with Crippen LogP contribution < -0.4 is 4.74 Å². The van der Waals surface area contributed by atoms with Crippen LogP contribution in [-0.2, 0) is 6.42 Å². The second-order valence-electron chi connectivity index (χ2n) is 8.33. The lowest BCUT2D eigenvalue weighted by Gasteiger charge is -2.30. The molecule has 0 spiro atoms. The molecule has 1 N–H and O–H groups in total. The average molecular weight is 443 g/mol. The van der Waals surface area contributed by atoms with E-state index >= 15 is 0 Å². The molecule has 3 atom stereocenters. The van der Waals surface area contributed by atoms with Gasteiger partial charge >= 0.3 is 0 Å². The minimum absolute atomic E-state index is 0.0536. The predicted octanol–water partition coefficient (Wildman–Crippen LogP) is 3.79.